The van der Waals surface area contributed by atoms with Gasteiger partial charge >= 0.3 is 0 Å². The number of carbonyl (C=O) groups is 1. The normalized spacial score (nSPS) is 14.7. The molecular weight excluding hydrogens is 451 g/mol. The third kappa shape index (κ3) is 3.82. The van der Waals surface area contributed by atoms with E-state index in [1.165, 1.54) is 17.0 Å². The molecule has 1 aliphatic heterocycles. The smallest absolute Gasteiger partial charge is 0.296 e. The van der Waals surface area contributed by atoms with E-state index < -0.39 is 23.2 Å². The van der Waals surface area contributed by atoms with Crippen LogP contribution in [-0.2, 0) is 0 Å². The number of rotatable bonds is 7. The second kappa shape index (κ2) is 9.06. The molecule has 1 aliphatic rings. The highest BCUT2D eigenvalue weighted by Crippen LogP contribution is 2.42. The maximum absolute atomic E-state index is 14.0. The molecule has 1 atom stereocenters. The van der Waals surface area contributed by atoms with Gasteiger partial charge in [0.15, 0.2) is 16.9 Å². The number of halogens is 1. The molecule has 7 nitrogen and oxygen atoms in total. The van der Waals surface area contributed by atoms with E-state index in [4.69, 9.17) is 13.9 Å². The van der Waals surface area contributed by atoms with Crippen LogP contribution in [0.3, 0.4) is 0 Å². The molecule has 0 fully saturated rings. The molecule has 4 aromatic rings. The van der Waals surface area contributed by atoms with Crippen LogP contribution < -0.4 is 19.8 Å². The minimum Gasteiger partial charge on any atom is -0.490 e. The summed E-state index contributed by atoms with van der Waals surface area (Å²) in [6.45, 7) is 6.16. The van der Waals surface area contributed by atoms with Crippen molar-refractivity contribution in [2.24, 2.45) is 0 Å². The molecular formula is C27H21FN2O5. The Morgan fingerprint density at radius 1 is 1.11 bits per heavy atom. The number of fused-ring (bicyclic) bond motifs is 2. The first-order valence-electron chi connectivity index (χ1n) is 11.0. The summed E-state index contributed by atoms with van der Waals surface area (Å²) in [5.74, 6) is 0.0942. The molecule has 1 unspecified atom stereocenters. The van der Waals surface area contributed by atoms with Crippen molar-refractivity contribution in [1.82, 2.24) is 4.98 Å². The van der Waals surface area contributed by atoms with Crippen LogP contribution in [0.1, 0.15) is 34.6 Å². The highest BCUT2D eigenvalue weighted by Gasteiger charge is 2.44. The van der Waals surface area contributed by atoms with E-state index in [0.717, 1.165) is 6.07 Å². The summed E-state index contributed by atoms with van der Waals surface area (Å²) in [5.41, 5.74) is 0.344. The number of amides is 1. The molecule has 0 saturated heterocycles. The lowest BCUT2D eigenvalue weighted by Gasteiger charge is -2.25. The maximum atomic E-state index is 14.0. The topological polar surface area (TPSA) is 81.9 Å². The van der Waals surface area contributed by atoms with Crippen molar-refractivity contribution in [2.75, 3.05) is 18.1 Å². The Morgan fingerprint density at radius 2 is 1.97 bits per heavy atom. The highest BCUT2D eigenvalue weighted by atomic mass is 19.1. The Hall–Kier alpha value is -4.46. The molecule has 35 heavy (non-hydrogen) atoms. The summed E-state index contributed by atoms with van der Waals surface area (Å²) in [6, 6.07) is 13.1. The second-order valence-corrected chi connectivity index (χ2v) is 7.82. The van der Waals surface area contributed by atoms with E-state index in [2.05, 4.69) is 11.6 Å². The lowest BCUT2D eigenvalue weighted by atomic mass is 9.98. The summed E-state index contributed by atoms with van der Waals surface area (Å²) in [4.78, 5) is 32.9. The third-order valence-corrected chi connectivity index (χ3v) is 5.67. The lowest BCUT2D eigenvalue weighted by Crippen LogP contribution is -2.30. The largest absolute Gasteiger partial charge is 0.490 e. The minimum atomic E-state index is -0.871. The number of anilines is 1. The Balaban J connectivity index is 1.75. The third-order valence-electron chi connectivity index (χ3n) is 5.67. The van der Waals surface area contributed by atoms with E-state index >= 15 is 0 Å². The fourth-order valence-corrected chi connectivity index (χ4v) is 4.22. The zero-order valence-electron chi connectivity index (χ0n) is 18.9. The number of carbonyl (C=O) groups excluding carboxylic acids is 1. The first kappa shape index (κ1) is 22.3. The van der Waals surface area contributed by atoms with Gasteiger partial charge < -0.3 is 13.9 Å². The van der Waals surface area contributed by atoms with E-state index in [1.54, 1.807) is 48.7 Å². The number of hydrogen-bond donors (Lipinski definition) is 0. The highest BCUT2D eigenvalue weighted by molar-refractivity contribution is 6.10. The quantitative estimate of drug-likeness (QED) is 0.351. The molecule has 0 spiro atoms. The van der Waals surface area contributed by atoms with Gasteiger partial charge in [0.25, 0.3) is 5.91 Å². The Morgan fingerprint density at radius 3 is 2.71 bits per heavy atom. The second-order valence-electron chi connectivity index (χ2n) is 7.82. The van der Waals surface area contributed by atoms with Gasteiger partial charge in [0, 0.05) is 6.20 Å². The summed E-state index contributed by atoms with van der Waals surface area (Å²) in [7, 11) is 0. The van der Waals surface area contributed by atoms with Gasteiger partial charge in [-0.1, -0.05) is 24.8 Å². The van der Waals surface area contributed by atoms with E-state index in [9.17, 15) is 14.0 Å². The van der Waals surface area contributed by atoms with Gasteiger partial charge in [-0.25, -0.2) is 9.37 Å². The van der Waals surface area contributed by atoms with Gasteiger partial charge in [0.05, 0.1) is 23.6 Å². The Labute approximate surface area is 200 Å². The van der Waals surface area contributed by atoms with Crippen LogP contribution >= 0.6 is 0 Å². The molecule has 3 heterocycles. The first-order valence-corrected chi connectivity index (χ1v) is 11.0. The van der Waals surface area contributed by atoms with Gasteiger partial charge in [-0.15, -0.1) is 0 Å². The fourth-order valence-electron chi connectivity index (χ4n) is 4.22. The molecule has 8 heteroatoms. The van der Waals surface area contributed by atoms with Crippen molar-refractivity contribution in [1.29, 1.82) is 0 Å². The summed E-state index contributed by atoms with van der Waals surface area (Å²) in [6.07, 6.45) is 3.18. The average Bonchev–Trinajstić information content (AvgIpc) is 3.17. The summed E-state index contributed by atoms with van der Waals surface area (Å²) in [5, 5.41) is 0.0559. The number of nitrogens with zero attached hydrogens (tertiary/aromatic N) is 2. The van der Waals surface area contributed by atoms with E-state index in [-0.39, 0.29) is 28.9 Å². The number of ether oxygens (including phenoxy) is 2. The number of hydrogen-bond acceptors (Lipinski definition) is 6. The molecule has 0 radical (unpaired) electrons. The van der Waals surface area contributed by atoms with Crippen LogP contribution in [0, 0.1) is 5.82 Å². The molecule has 0 saturated carbocycles. The van der Waals surface area contributed by atoms with Gasteiger partial charge in [-0.3, -0.25) is 14.5 Å². The SMILES string of the molecule is C=CCOc1ccc(C2c3c(oc4ccc(F)cc4c3=O)C(=O)N2c2ccccn2)cc1OCC. The van der Waals surface area contributed by atoms with Crippen molar-refractivity contribution in [2.45, 2.75) is 13.0 Å². The van der Waals surface area contributed by atoms with Crippen LogP contribution in [0.4, 0.5) is 10.2 Å². The molecule has 2 aromatic heterocycles. The monoisotopic (exact) mass is 472 g/mol. The molecule has 5 rings (SSSR count). The van der Waals surface area contributed by atoms with Crippen molar-refractivity contribution >= 4 is 22.7 Å². The van der Waals surface area contributed by atoms with Gasteiger partial charge in [0.2, 0.25) is 5.76 Å². The molecule has 0 aliphatic carbocycles. The predicted molar refractivity (Wildman–Crippen MR) is 129 cm³/mol. The van der Waals surface area contributed by atoms with Gasteiger partial charge in [0.1, 0.15) is 23.8 Å². The standard InChI is InChI=1S/C27H21FN2O5/c1-3-13-34-20-10-8-16(14-21(20)33-4-2)24-23-25(31)18-15-17(28)9-11-19(18)35-26(23)27(32)30(24)22-7-5-6-12-29-22/h3,5-12,14-15,24H,1,4,13H2,2H3. The summed E-state index contributed by atoms with van der Waals surface area (Å²) < 4.78 is 31.3. The van der Waals surface area contributed by atoms with E-state index in [1.807, 2.05) is 6.92 Å². The zero-order valence-corrected chi connectivity index (χ0v) is 18.9. The maximum Gasteiger partial charge on any atom is 0.296 e. The number of aromatic nitrogens is 1. The number of benzene rings is 2. The molecule has 0 N–H and O–H groups in total. The first-order chi connectivity index (χ1) is 17.0. The van der Waals surface area contributed by atoms with Crippen molar-refractivity contribution < 1.29 is 23.1 Å². The molecule has 176 valence electrons. The molecule has 2 aromatic carbocycles. The lowest BCUT2D eigenvalue weighted by molar-refractivity contribution is 0.0970. The average molecular weight is 472 g/mol. The van der Waals surface area contributed by atoms with Crippen molar-refractivity contribution in [3.8, 4) is 11.5 Å². The zero-order chi connectivity index (χ0) is 24.5. The van der Waals surface area contributed by atoms with Gasteiger partial charge in [-0.2, -0.15) is 0 Å². The Bertz CT molecular complexity index is 1500. The minimum absolute atomic E-state index is 0.0559. The molecule has 1 amide bonds. The van der Waals surface area contributed by atoms with Crippen LogP contribution in [0.25, 0.3) is 11.0 Å². The van der Waals surface area contributed by atoms with Crippen LogP contribution in [-0.4, -0.2) is 24.1 Å². The molecule has 0 bridgehead atoms. The van der Waals surface area contributed by atoms with Crippen LogP contribution in [0.15, 0.2) is 82.7 Å². The summed E-state index contributed by atoms with van der Waals surface area (Å²) >= 11 is 0. The fraction of sp³-hybridized carbons (Fsp3) is 0.148. The number of pyridine rings is 1. The van der Waals surface area contributed by atoms with E-state index in [0.29, 0.717) is 29.5 Å². The van der Waals surface area contributed by atoms with Crippen molar-refractivity contribution in [3.63, 3.8) is 0 Å². The predicted octanol–water partition coefficient (Wildman–Crippen LogP) is 5.04. The van der Waals surface area contributed by atoms with Crippen LogP contribution in [0.5, 0.6) is 11.5 Å². The van der Waals surface area contributed by atoms with Crippen molar-refractivity contribution in [3.05, 3.63) is 106 Å². The van der Waals surface area contributed by atoms with Gasteiger partial charge in [-0.05, 0) is 55.0 Å². The van der Waals surface area contributed by atoms with Crippen LogP contribution in [0.2, 0.25) is 0 Å². The Kier molecular flexibility index (Phi) is 5.78.